The van der Waals surface area contributed by atoms with Gasteiger partial charge in [0.2, 0.25) is 12.7 Å². The van der Waals surface area contributed by atoms with E-state index in [-0.39, 0.29) is 31.6 Å². The predicted molar refractivity (Wildman–Crippen MR) is 155 cm³/mol. The van der Waals surface area contributed by atoms with E-state index in [1.54, 1.807) is 48.4 Å². The van der Waals surface area contributed by atoms with Crippen molar-refractivity contribution in [2.75, 3.05) is 26.3 Å². The maximum absolute atomic E-state index is 14.2. The fourth-order valence-electron chi connectivity index (χ4n) is 4.77. The van der Waals surface area contributed by atoms with Gasteiger partial charge in [0.15, 0.2) is 23.0 Å². The number of benzene rings is 4. The van der Waals surface area contributed by atoms with Gasteiger partial charge in [-0.05, 0) is 47.9 Å². The largest absolute Gasteiger partial charge is 0.493 e. The van der Waals surface area contributed by atoms with Crippen LogP contribution in [0.4, 0.5) is 5.69 Å². The second-order valence-corrected chi connectivity index (χ2v) is 9.74. The van der Waals surface area contributed by atoms with Crippen LogP contribution >= 0.6 is 0 Å². The van der Waals surface area contributed by atoms with Crippen LogP contribution in [0.3, 0.4) is 0 Å². The van der Waals surface area contributed by atoms with Crippen LogP contribution in [0, 0.1) is 6.92 Å². The molecule has 0 unspecified atom stereocenters. The molecule has 0 saturated heterocycles. The summed E-state index contributed by atoms with van der Waals surface area (Å²) in [5.41, 5.74) is 3.96. The zero-order valence-corrected chi connectivity index (χ0v) is 23.3. The lowest BCUT2D eigenvalue weighted by Crippen LogP contribution is -2.41. The maximum Gasteiger partial charge on any atom is 0.251 e. The first kappa shape index (κ1) is 27.6. The molecule has 0 bridgehead atoms. The molecule has 0 aliphatic carbocycles. The van der Waals surface area contributed by atoms with Gasteiger partial charge in [0, 0.05) is 18.3 Å². The van der Waals surface area contributed by atoms with Crippen molar-refractivity contribution >= 4 is 17.5 Å². The number of hydrogen-bond acceptors (Lipinski definition) is 6. The van der Waals surface area contributed by atoms with Crippen LogP contribution in [0.1, 0.15) is 28.3 Å². The standard InChI is InChI=1S/C33H32N2O6/c1-22-9-11-24(12-10-22)20-35(31(36)17-23-7-5-4-6-8-23)32(25-13-15-27(38-2)29(18-25)39-3)33(37)34-26-14-16-28-30(19-26)41-21-40-28/h4-16,18-19,32H,17,20-21H2,1-3H3,(H,34,37)/t32-/m0/s1. The highest BCUT2D eigenvalue weighted by molar-refractivity contribution is 5.98. The van der Waals surface area contributed by atoms with E-state index in [2.05, 4.69) is 5.32 Å². The number of aryl methyl sites for hydroxylation is 1. The molecule has 4 aromatic rings. The molecular weight excluding hydrogens is 520 g/mol. The molecule has 210 valence electrons. The molecule has 5 rings (SSSR count). The highest BCUT2D eigenvalue weighted by Gasteiger charge is 2.33. The number of anilines is 1. The summed E-state index contributed by atoms with van der Waals surface area (Å²) in [5.74, 6) is 1.55. The smallest absolute Gasteiger partial charge is 0.251 e. The number of hydrogen-bond donors (Lipinski definition) is 1. The van der Waals surface area contributed by atoms with Crippen LogP contribution in [0.25, 0.3) is 0 Å². The van der Waals surface area contributed by atoms with Gasteiger partial charge in [0.25, 0.3) is 5.91 Å². The molecule has 0 fully saturated rings. The predicted octanol–water partition coefficient (Wildman–Crippen LogP) is 5.69. The van der Waals surface area contributed by atoms with Crippen molar-refractivity contribution in [3.63, 3.8) is 0 Å². The van der Waals surface area contributed by atoms with Gasteiger partial charge in [0.1, 0.15) is 6.04 Å². The highest BCUT2D eigenvalue weighted by atomic mass is 16.7. The fraction of sp³-hybridized carbons (Fsp3) is 0.212. The van der Waals surface area contributed by atoms with Crippen molar-refractivity contribution in [2.45, 2.75) is 25.9 Å². The van der Waals surface area contributed by atoms with Crippen LogP contribution in [0.15, 0.2) is 91.0 Å². The van der Waals surface area contributed by atoms with Gasteiger partial charge in [-0.3, -0.25) is 9.59 Å². The summed E-state index contributed by atoms with van der Waals surface area (Å²) in [7, 11) is 3.09. The van der Waals surface area contributed by atoms with Crippen molar-refractivity contribution in [2.24, 2.45) is 0 Å². The Morgan fingerprint density at radius 1 is 0.829 bits per heavy atom. The first-order chi connectivity index (χ1) is 19.9. The molecule has 0 radical (unpaired) electrons. The van der Waals surface area contributed by atoms with Gasteiger partial charge in [0.05, 0.1) is 20.6 Å². The number of carbonyl (C=O) groups is 2. The number of nitrogens with one attached hydrogen (secondary N) is 1. The van der Waals surface area contributed by atoms with Crippen molar-refractivity contribution in [1.29, 1.82) is 0 Å². The molecule has 0 aromatic heterocycles. The Kier molecular flexibility index (Phi) is 8.39. The summed E-state index contributed by atoms with van der Waals surface area (Å²) in [6.45, 7) is 2.35. The van der Waals surface area contributed by atoms with Gasteiger partial charge in [-0.1, -0.05) is 66.2 Å². The number of carbonyl (C=O) groups excluding carboxylic acids is 2. The van der Waals surface area contributed by atoms with E-state index in [0.717, 1.165) is 16.7 Å². The van der Waals surface area contributed by atoms with Crippen molar-refractivity contribution in [3.05, 3.63) is 113 Å². The number of nitrogens with zero attached hydrogens (tertiary/aromatic N) is 1. The zero-order chi connectivity index (χ0) is 28.8. The van der Waals surface area contributed by atoms with Crippen molar-refractivity contribution in [3.8, 4) is 23.0 Å². The minimum Gasteiger partial charge on any atom is -0.493 e. The number of methoxy groups -OCH3 is 2. The minimum absolute atomic E-state index is 0.124. The molecular formula is C33H32N2O6. The third-order valence-electron chi connectivity index (χ3n) is 6.92. The molecule has 8 heteroatoms. The van der Waals surface area contributed by atoms with E-state index in [4.69, 9.17) is 18.9 Å². The van der Waals surface area contributed by atoms with Crippen molar-refractivity contribution < 1.29 is 28.5 Å². The lowest BCUT2D eigenvalue weighted by molar-refractivity contribution is -0.139. The van der Waals surface area contributed by atoms with Crippen molar-refractivity contribution in [1.82, 2.24) is 4.90 Å². The second-order valence-electron chi connectivity index (χ2n) is 9.74. The summed E-state index contributed by atoms with van der Waals surface area (Å²) >= 11 is 0. The third-order valence-corrected chi connectivity index (χ3v) is 6.92. The number of ether oxygens (including phenoxy) is 4. The maximum atomic E-state index is 14.2. The summed E-state index contributed by atoms with van der Waals surface area (Å²) in [5, 5.41) is 2.99. The van der Waals surface area contributed by atoms with E-state index in [1.807, 2.05) is 61.5 Å². The molecule has 0 spiro atoms. The average Bonchev–Trinajstić information content (AvgIpc) is 3.46. The van der Waals surface area contributed by atoms with E-state index in [1.165, 1.54) is 7.11 Å². The number of amides is 2. The lowest BCUT2D eigenvalue weighted by Gasteiger charge is -2.32. The Morgan fingerprint density at radius 3 is 2.29 bits per heavy atom. The molecule has 1 aliphatic heterocycles. The van der Waals surface area contributed by atoms with E-state index < -0.39 is 6.04 Å². The van der Waals surface area contributed by atoms with E-state index >= 15 is 0 Å². The number of fused-ring (bicyclic) bond motifs is 1. The molecule has 1 aliphatic rings. The Bertz CT molecular complexity index is 1520. The number of rotatable bonds is 10. The first-order valence-corrected chi connectivity index (χ1v) is 13.3. The average molecular weight is 553 g/mol. The topological polar surface area (TPSA) is 86.3 Å². The summed E-state index contributed by atoms with van der Waals surface area (Å²) < 4.78 is 21.9. The zero-order valence-electron chi connectivity index (χ0n) is 23.3. The summed E-state index contributed by atoms with van der Waals surface area (Å²) in [4.78, 5) is 29.8. The van der Waals surface area contributed by atoms with Crippen LogP contribution in [0.2, 0.25) is 0 Å². The lowest BCUT2D eigenvalue weighted by atomic mass is 10.0. The van der Waals surface area contributed by atoms with E-state index in [0.29, 0.717) is 34.2 Å². The molecule has 8 nitrogen and oxygen atoms in total. The normalized spacial score (nSPS) is 12.4. The van der Waals surface area contributed by atoms with Gasteiger partial charge >= 0.3 is 0 Å². The van der Waals surface area contributed by atoms with Gasteiger partial charge in [-0.15, -0.1) is 0 Å². The van der Waals surface area contributed by atoms with E-state index in [9.17, 15) is 9.59 Å². The molecule has 0 saturated carbocycles. The third kappa shape index (κ3) is 6.44. The monoisotopic (exact) mass is 552 g/mol. The molecule has 41 heavy (non-hydrogen) atoms. The Labute approximate surface area is 239 Å². The van der Waals surface area contributed by atoms with Gasteiger partial charge < -0.3 is 29.2 Å². The van der Waals surface area contributed by atoms with Gasteiger partial charge in [-0.2, -0.15) is 0 Å². The fourth-order valence-corrected chi connectivity index (χ4v) is 4.77. The first-order valence-electron chi connectivity index (χ1n) is 13.3. The van der Waals surface area contributed by atoms with Crippen LogP contribution < -0.4 is 24.3 Å². The van der Waals surface area contributed by atoms with Crippen LogP contribution in [-0.4, -0.2) is 37.7 Å². The SMILES string of the molecule is COc1ccc([C@@H](C(=O)Nc2ccc3c(c2)OCO3)N(Cc2ccc(C)cc2)C(=O)Cc2ccccc2)cc1OC. The summed E-state index contributed by atoms with van der Waals surface area (Å²) in [6.07, 6.45) is 0.133. The molecule has 2 amide bonds. The minimum atomic E-state index is -0.988. The molecule has 1 N–H and O–H groups in total. The quantitative estimate of drug-likeness (QED) is 0.272. The van der Waals surface area contributed by atoms with Crippen LogP contribution in [0.5, 0.6) is 23.0 Å². The second kappa shape index (κ2) is 12.5. The highest BCUT2D eigenvalue weighted by Crippen LogP contribution is 2.36. The molecule has 1 heterocycles. The molecule has 4 aromatic carbocycles. The summed E-state index contributed by atoms with van der Waals surface area (Å²) in [6, 6.07) is 26.9. The van der Waals surface area contributed by atoms with Gasteiger partial charge in [-0.25, -0.2) is 0 Å². The molecule has 1 atom stereocenters. The Hall–Kier alpha value is -4.98. The van der Waals surface area contributed by atoms with Crippen LogP contribution in [-0.2, 0) is 22.6 Å². The Morgan fingerprint density at radius 2 is 1.56 bits per heavy atom. The Balaban J connectivity index is 1.56.